The number of rotatable bonds is 9. The molecule has 1 unspecified atom stereocenters. The zero-order chi connectivity index (χ0) is 16.6. The van der Waals surface area contributed by atoms with Crippen molar-refractivity contribution in [1.82, 2.24) is 0 Å². The van der Waals surface area contributed by atoms with Crippen LogP contribution in [-0.2, 0) is 14.3 Å². The Morgan fingerprint density at radius 1 is 1.14 bits per heavy atom. The minimum absolute atomic E-state index is 0.0275. The zero-order valence-corrected chi connectivity index (χ0v) is 15.6. The van der Waals surface area contributed by atoms with E-state index in [2.05, 4.69) is 38.7 Å². The SMILES string of the molecule is CCCCCC(OC(C)=O)O[C@H](c1ccccc1)[Si](C)(C)C. The summed E-state index contributed by atoms with van der Waals surface area (Å²) in [6.07, 6.45) is 3.61. The van der Waals surface area contributed by atoms with Gasteiger partial charge in [-0.1, -0.05) is 69.7 Å². The van der Waals surface area contributed by atoms with Gasteiger partial charge in [0.2, 0.25) is 6.29 Å². The summed E-state index contributed by atoms with van der Waals surface area (Å²) in [6.45, 7) is 10.4. The summed E-state index contributed by atoms with van der Waals surface area (Å²) in [5.74, 6) is -0.274. The Bertz CT molecular complexity index is 439. The van der Waals surface area contributed by atoms with Gasteiger partial charge in [-0.15, -0.1) is 0 Å². The van der Waals surface area contributed by atoms with Crippen molar-refractivity contribution in [3.8, 4) is 0 Å². The molecule has 0 aliphatic carbocycles. The van der Waals surface area contributed by atoms with Crippen molar-refractivity contribution in [3.63, 3.8) is 0 Å². The van der Waals surface area contributed by atoms with Crippen molar-refractivity contribution in [2.75, 3.05) is 0 Å². The lowest BCUT2D eigenvalue weighted by Gasteiger charge is -2.32. The number of carbonyl (C=O) groups is 1. The van der Waals surface area contributed by atoms with E-state index in [0.717, 1.165) is 25.7 Å². The summed E-state index contributed by atoms with van der Waals surface area (Å²) in [7, 11) is -1.60. The first kappa shape index (κ1) is 18.9. The molecular weight excluding hydrogens is 292 g/mol. The Morgan fingerprint density at radius 3 is 2.27 bits per heavy atom. The largest absolute Gasteiger partial charge is 0.436 e. The average molecular weight is 323 g/mol. The highest BCUT2D eigenvalue weighted by atomic mass is 28.3. The maximum Gasteiger partial charge on any atom is 0.304 e. The predicted molar refractivity (Wildman–Crippen MR) is 93.3 cm³/mol. The highest BCUT2D eigenvalue weighted by molar-refractivity contribution is 6.77. The number of unbranched alkanes of at least 4 members (excludes halogenated alkanes) is 2. The van der Waals surface area contributed by atoms with Crippen molar-refractivity contribution in [3.05, 3.63) is 35.9 Å². The van der Waals surface area contributed by atoms with Crippen molar-refractivity contribution >= 4 is 14.0 Å². The summed E-state index contributed by atoms with van der Waals surface area (Å²) in [5, 5.41) is 0. The lowest BCUT2D eigenvalue weighted by molar-refractivity contribution is -0.183. The molecule has 0 saturated heterocycles. The van der Waals surface area contributed by atoms with Crippen LogP contribution < -0.4 is 0 Å². The van der Waals surface area contributed by atoms with Crippen LogP contribution in [0.5, 0.6) is 0 Å². The third-order valence-corrected chi connectivity index (χ3v) is 5.56. The van der Waals surface area contributed by atoms with E-state index < -0.39 is 14.4 Å². The molecule has 0 N–H and O–H groups in total. The van der Waals surface area contributed by atoms with Gasteiger partial charge in [0.15, 0.2) is 0 Å². The summed E-state index contributed by atoms with van der Waals surface area (Å²) in [5.41, 5.74) is 1.20. The van der Waals surface area contributed by atoms with E-state index in [0.29, 0.717) is 0 Å². The quantitative estimate of drug-likeness (QED) is 0.275. The molecule has 0 aliphatic rings. The van der Waals surface area contributed by atoms with Crippen LogP contribution in [-0.4, -0.2) is 20.3 Å². The van der Waals surface area contributed by atoms with Crippen LogP contribution in [0.2, 0.25) is 19.6 Å². The third-order valence-electron chi connectivity index (χ3n) is 3.52. The first-order chi connectivity index (χ1) is 10.3. The van der Waals surface area contributed by atoms with Gasteiger partial charge in [0.05, 0.1) is 13.8 Å². The first-order valence-electron chi connectivity index (χ1n) is 8.22. The molecular formula is C18H30O3Si. The minimum atomic E-state index is -1.60. The standard InChI is InChI=1S/C18H30O3Si/c1-6-7-9-14-17(20-15(2)19)21-18(22(3,4)5)16-12-10-8-11-13-16/h8,10-13,17-18H,6-7,9,14H2,1-5H3/t17?,18-/m0/s1. The highest BCUT2D eigenvalue weighted by Crippen LogP contribution is 2.30. The second-order valence-corrected chi connectivity index (χ2v) is 12.1. The lowest BCUT2D eigenvalue weighted by Crippen LogP contribution is -2.37. The maximum absolute atomic E-state index is 11.4. The molecule has 0 fully saturated rings. The summed E-state index contributed by atoms with van der Waals surface area (Å²) in [6, 6.07) is 10.3. The van der Waals surface area contributed by atoms with Gasteiger partial charge in [0.1, 0.15) is 0 Å². The number of carbonyl (C=O) groups excluding carboxylic acids is 1. The molecule has 0 heterocycles. The molecule has 0 spiro atoms. The molecule has 4 heteroatoms. The monoisotopic (exact) mass is 322 g/mol. The van der Waals surface area contributed by atoms with Gasteiger partial charge in [-0.25, -0.2) is 0 Å². The van der Waals surface area contributed by atoms with E-state index in [1.54, 1.807) is 0 Å². The van der Waals surface area contributed by atoms with Gasteiger partial charge in [0, 0.05) is 13.3 Å². The molecule has 3 nitrogen and oxygen atoms in total. The van der Waals surface area contributed by atoms with Crippen molar-refractivity contribution in [2.24, 2.45) is 0 Å². The molecule has 124 valence electrons. The maximum atomic E-state index is 11.4. The summed E-state index contributed by atoms with van der Waals surface area (Å²) in [4.78, 5) is 11.4. The smallest absolute Gasteiger partial charge is 0.304 e. The summed E-state index contributed by atoms with van der Waals surface area (Å²) < 4.78 is 11.7. The van der Waals surface area contributed by atoms with Gasteiger partial charge in [-0.2, -0.15) is 0 Å². The predicted octanol–water partition coefficient (Wildman–Crippen LogP) is 5.09. The molecule has 1 aromatic rings. The second-order valence-electron chi connectivity index (χ2n) is 6.83. The fourth-order valence-corrected chi connectivity index (χ4v) is 4.22. The van der Waals surface area contributed by atoms with E-state index in [1.807, 2.05) is 18.2 Å². The normalized spacial score (nSPS) is 14.4. The van der Waals surface area contributed by atoms with Crippen LogP contribution >= 0.6 is 0 Å². The molecule has 0 bridgehead atoms. The van der Waals surface area contributed by atoms with E-state index in [1.165, 1.54) is 12.5 Å². The molecule has 22 heavy (non-hydrogen) atoms. The molecule has 2 atom stereocenters. The third kappa shape index (κ3) is 6.75. The number of ether oxygens (including phenoxy) is 2. The van der Waals surface area contributed by atoms with E-state index >= 15 is 0 Å². The molecule has 0 aromatic heterocycles. The Morgan fingerprint density at radius 2 is 1.77 bits per heavy atom. The fraction of sp³-hybridized carbons (Fsp3) is 0.611. The van der Waals surface area contributed by atoms with Crippen molar-refractivity contribution in [1.29, 1.82) is 0 Å². The van der Waals surface area contributed by atoms with E-state index in [-0.39, 0.29) is 11.7 Å². The van der Waals surface area contributed by atoms with Crippen LogP contribution in [0.3, 0.4) is 0 Å². The Balaban J connectivity index is 2.85. The Kier molecular flexibility index (Phi) is 7.83. The Labute approximate surface area is 136 Å². The number of benzene rings is 1. The van der Waals surface area contributed by atoms with Gasteiger partial charge in [-0.3, -0.25) is 4.79 Å². The number of esters is 1. The second kappa shape index (κ2) is 9.11. The van der Waals surface area contributed by atoms with Crippen LogP contribution in [0.1, 0.15) is 50.8 Å². The fourth-order valence-electron chi connectivity index (χ4n) is 2.46. The first-order valence-corrected chi connectivity index (χ1v) is 11.8. The molecule has 0 amide bonds. The van der Waals surface area contributed by atoms with Gasteiger partial charge in [-0.05, 0) is 12.0 Å². The van der Waals surface area contributed by atoms with Crippen LogP contribution in [0, 0.1) is 0 Å². The number of hydrogen-bond acceptors (Lipinski definition) is 3. The molecule has 1 aromatic carbocycles. The van der Waals surface area contributed by atoms with Crippen molar-refractivity contribution < 1.29 is 14.3 Å². The zero-order valence-electron chi connectivity index (χ0n) is 14.6. The molecule has 1 rings (SSSR count). The minimum Gasteiger partial charge on any atom is -0.436 e. The van der Waals surface area contributed by atoms with E-state index in [4.69, 9.17) is 9.47 Å². The molecule has 0 radical (unpaired) electrons. The number of hydrogen-bond donors (Lipinski definition) is 0. The van der Waals surface area contributed by atoms with Gasteiger partial charge < -0.3 is 9.47 Å². The van der Waals surface area contributed by atoms with Crippen LogP contribution in [0.4, 0.5) is 0 Å². The van der Waals surface area contributed by atoms with Crippen molar-refractivity contribution in [2.45, 2.75) is 71.2 Å². The van der Waals surface area contributed by atoms with E-state index in [9.17, 15) is 4.79 Å². The lowest BCUT2D eigenvalue weighted by atomic mass is 10.2. The Hall–Kier alpha value is -1.13. The summed E-state index contributed by atoms with van der Waals surface area (Å²) >= 11 is 0. The highest BCUT2D eigenvalue weighted by Gasteiger charge is 2.32. The molecule has 0 aliphatic heterocycles. The average Bonchev–Trinajstić information content (AvgIpc) is 2.43. The van der Waals surface area contributed by atoms with Gasteiger partial charge in [0.25, 0.3) is 0 Å². The van der Waals surface area contributed by atoms with Gasteiger partial charge >= 0.3 is 5.97 Å². The topological polar surface area (TPSA) is 35.5 Å². The molecule has 0 saturated carbocycles. The van der Waals surface area contributed by atoms with Crippen LogP contribution in [0.15, 0.2) is 30.3 Å². The van der Waals surface area contributed by atoms with Crippen LogP contribution in [0.25, 0.3) is 0 Å².